The quantitative estimate of drug-likeness (QED) is 0.654. The summed E-state index contributed by atoms with van der Waals surface area (Å²) in [5.41, 5.74) is 1.80. The summed E-state index contributed by atoms with van der Waals surface area (Å²) in [4.78, 5) is 5.58. The van der Waals surface area contributed by atoms with Crippen LogP contribution in [0.1, 0.15) is 18.1 Å². The number of thiocarbonyl (C=S) groups is 1. The average molecular weight is 409 g/mol. The van der Waals surface area contributed by atoms with Crippen molar-refractivity contribution in [3.05, 3.63) is 63.6 Å². The largest absolute Gasteiger partial charge is 0.489 e. The molecule has 0 N–H and O–H groups in total. The summed E-state index contributed by atoms with van der Waals surface area (Å²) < 4.78 is 5.91. The van der Waals surface area contributed by atoms with Crippen LogP contribution < -0.4 is 4.74 Å². The Kier molecular flexibility index (Phi) is 6.76. The first-order valence-electron chi connectivity index (χ1n) is 8.76. The van der Waals surface area contributed by atoms with Gasteiger partial charge in [-0.3, -0.25) is 0 Å². The molecule has 2 aromatic rings. The van der Waals surface area contributed by atoms with Gasteiger partial charge in [-0.25, -0.2) is 0 Å². The second kappa shape index (κ2) is 9.05. The molecule has 1 fully saturated rings. The molecule has 3 nitrogen and oxygen atoms in total. The number of hydrogen-bond donors (Lipinski definition) is 0. The molecule has 0 spiro atoms. The molecule has 0 bridgehead atoms. The molecule has 0 atom stereocenters. The standard InChI is InChI=1S/C20H22Cl2N2OS/c1-2-23-9-11-24(12-10-23)20(26)15-5-3-6-16(13-15)25-14-17-18(21)7-4-8-19(17)22/h3-8,13H,2,9-12,14H2,1H3. The van der Waals surface area contributed by atoms with Crippen LogP contribution in [0.15, 0.2) is 42.5 Å². The normalized spacial score (nSPS) is 15.1. The van der Waals surface area contributed by atoms with Gasteiger partial charge in [-0.15, -0.1) is 0 Å². The number of hydrogen-bond acceptors (Lipinski definition) is 3. The van der Waals surface area contributed by atoms with Crippen molar-refractivity contribution in [1.29, 1.82) is 0 Å². The minimum Gasteiger partial charge on any atom is -0.489 e. The Bertz CT molecular complexity index is 756. The van der Waals surface area contributed by atoms with Gasteiger partial charge in [-0.2, -0.15) is 0 Å². The molecule has 0 aromatic heterocycles. The Morgan fingerprint density at radius 3 is 2.35 bits per heavy atom. The zero-order valence-corrected chi connectivity index (χ0v) is 17.1. The summed E-state index contributed by atoms with van der Waals surface area (Å²) in [7, 11) is 0. The van der Waals surface area contributed by atoms with Crippen LogP contribution in [0.5, 0.6) is 5.75 Å². The Labute approximate surface area is 170 Å². The molecule has 1 aliphatic heterocycles. The number of likely N-dealkylation sites (N-methyl/N-ethyl adjacent to an activating group) is 1. The fourth-order valence-corrected chi connectivity index (χ4v) is 3.81. The summed E-state index contributed by atoms with van der Waals surface area (Å²) in [6.45, 7) is 7.65. The molecular weight excluding hydrogens is 387 g/mol. The van der Waals surface area contributed by atoms with Gasteiger partial charge in [-0.1, -0.05) is 60.5 Å². The Hall–Kier alpha value is -1.33. The Morgan fingerprint density at radius 2 is 1.69 bits per heavy atom. The van der Waals surface area contributed by atoms with Crippen molar-refractivity contribution in [3.63, 3.8) is 0 Å². The molecule has 0 aliphatic carbocycles. The van der Waals surface area contributed by atoms with Crippen molar-refractivity contribution < 1.29 is 4.74 Å². The number of ether oxygens (including phenoxy) is 1. The summed E-state index contributed by atoms with van der Waals surface area (Å²) in [6, 6.07) is 13.4. The van der Waals surface area contributed by atoms with Crippen molar-refractivity contribution in [1.82, 2.24) is 9.80 Å². The van der Waals surface area contributed by atoms with Crippen LogP contribution in [0, 0.1) is 0 Å². The highest BCUT2D eigenvalue weighted by molar-refractivity contribution is 7.80. The van der Waals surface area contributed by atoms with E-state index < -0.39 is 0 Å². The zero-order valence-electron chi connectivity index (χ0n) is 14.8. The molecule has 0 saturated carbocycles. The van der Waals surface area contributed by atoms with E-state index >= 15 is 0 Å². The van der Waals surface area contributed by atoms with Gasteiger partial charge in [0, 0.05) is 47.4 Å². The van der Waals surface area contributed by atoms with Crippen LogP contribution in [0.4, 0.5) is 0 Å². The lowest BCUT2D eigenvalue weighted by atomic mass is 10.2. The number of halogens is 2. The third kappa shape index (κ3) is 4.68. The van der Waals surface area contributed by atoms with Crippen molar-refractivity contribution in [2.24, 2.45) is 0 Å². The van der Waals surface area contributed by atoms with Crippen LogP contribution >= 0.6 is 35.4 Å². The van der Waals surface area contributed by atoms with Gasteiger partial charge in [-0.05, 0) is 30.8 Å². The smallest absolute Gasteiger partial charge is 0.120 e. The van der Waals surface area contributed by atoms with Crippen molar-refractivity contribution in [2.75, 3.05) is 32.7 Å². The maximum absolute atomic E-state index is 6.21. The molecular formula is C20H22Cl2N2OS. The number of rotatable bonds is 5. The lowest BCUT2D eigenvalue weighted by molar-refractivity contribution is 0.192. The fourth-order valence-electron chi connectivity index (χ4n) is 2.99. The molecule has 0 radical (unpaired) electrons. The van der Waals surface area contributed by atoms with Gasteiger partial charge < -0.3 is 14.5 Å². The molecule has 1 saturated heterocycles. The van der Waals surface area contributed by atoms with Crippen LogP contribution in [0.2, 0.25) is 10.0 Å². The second-order valence-electron chi connectivity index (χ2n) is 6.24. The van der Waals surface area contributed by atoms with E-state index in [1.807, 2.05) is 42.5 Å². The third-order valence-electron chi connectivity index (χ3n) is 4.63. The van der Waals surface area contributed by atoms with E-state index in [1.54, 1.807) is 0 Å². The predicted octanol–water partition coefficient (Wildman–Crippen LogP) is 4.89. The van der Waals surface area contributed by atoms with Crippen LogP contribution in [-0.4, -0.2) is 47.5 Å². The van der Waals surface area contributed by atoms with Gasteiger partial charge in [0.25, 0.3) is 0 Å². The topological polar surface area (TPSA) is 15.7 Å². The lowest BCUT2D eigenvalue weighted by Crippen LogP contribution is -2.48. The maximum atomic E-state index is 6.21. The maximum Gasteiger partial charge on any atom is 0.120 e. The first-order valence-corrected chi connectivity index (χ1v) is 9.92. The fraction of sp³-hybridized carbons (Fsp3) is 0.350. The molecule has 138 valence electrons. The van der Waals surface area contributed by atoms with Crippen LogP contribution in [0.25, 0.3) is 0 Å². The zero-order chi connectivity index (χ0) is 18.5. The highest BCUT2D eigenvalue weighted by atomic mass is 35.5. The van der Waals surface area contributed by atoms with E-state index in [4.69, 9.17) is 40.2 Å². The molecule has 1 aliphatic rings. The van der Waals surface area contributed by atoms with Gasteiger partial charge in [0.05, 0.1) is 0 Å². The Balaban J connectivity index is 1.65. The minimum absolute atomic E-state index is 0.323. The molecule has 2 aromatic carbocycles. The van der Waals surface area contributed by atoms with Crippen LogP contribution in [0.3, 0.4) is 0 Å². The second-order valence-corrected chi connectivity index (χ2v) is 7.44. The minimum atomic E-state index is 0.323. The molecule has 6 heteroatoms. The van der Waals surface area contributed by atoms with Gasteiger partial charge in [0.2, 0.25) is 0 Å². The van der Waals surface area contributed by atoms with Gasteiger partial charge in [0.15, 0.2) is 0 Å². The Morgan fingerprint density at radius 1 is 1.04 bits per heavy atom. The van der Waals surface area contributed by atoms with E-state index in [-0.39, 0.29) is 0 Å². The van der Waals surface area contributed by atoms with Gasteiger partial charge in [0.1, 0.15) is 17.3 Å². The summed E-state index contributed by atoms with van der Waals surface area (Å²) in [5, 5.41) is 1.22. The van der Waals surface area contributed by atoms with Gasteiger partial charge >= 0.3 is 0 Å². The molecule has 0 unspecified atom stereocenters. The molecule has 1 heterocycles. The average Bonchev–Trinajstić information content (AvgIpc) is 2.67. The van der Waals surface area contributed by atoms with Crippen molar-refractivity contribution in [3.8, 4) is 5.75 Å². The predicted molar refractivity (Wildman–Crippen MR) is 113 cm³/mol. The van der Waals surface area contributed by atoms with E-state index in [0.717, 1.165) is 54.6 Å². The summed E-state index contributed by atoms with van der Waals surface area (Å²) in [5.74, 6) is 0.757. The monoisotopic (exact) mass is 408 g/mol. The highest BCUT2D eigenvalue weighted by Gasteiger charge is 2.19. The molecule has 26 heavy (non-hydrogen) atoms. The molecule has 0 amide bonds. The first-order chi connectivity index (χ1) is 12.6. The van der Waals surface area contributed by atoms with E-state index in [0.29, 0.717) is 16.7 Å². The third-order valence-corrected chi connectivity index (χ3v) is 5.83. The molecule has 3 rings (SSSR count). The van der Waals surface area contributed by atoms with E-state index in [1.165, 1.54) is 0 Å². The van der Waals surface area contributed by atoms with Crippen LogP contribution in [-0.2, 0) is 6.61 Å². The number of piperazine rings is 1. The van der Waals surface area contributed by atoms with E-state index in [2.05, 4.69) is 16.7 Å². The van der Waals surface area contributed by atoms with Crippen molar-refractivity contribution >= 4 is 40.4 Å². The van der Waals surface area contributed by atoms with Crippen molar-refractivity contribution in [2.45, 2.75) is 13.5 Å². The number of benzene rings is 2. The summed E-state index contributed by atoms with van der Waals surface area (Å²) in [6.07, 6.45) is 0. The highest BCUT2D eigenvalue weighted by Crippen LogP contribution is 2.26. The van der Waals surface area contributed by atoms with E-state index in [9.17, 15) is 0 Å². The first kappa shape index (κ1) is 19.4. The SMILES string of the molecule is CCN1CCN(C(=S)c2cccc(OCc3c(Cl)cccc3Cl)c2)CC1. The number of nitrogens with zero attached hydrogens (tertiary/aromatic N) is 2. The summed E-state index contributed by atoms with van der Waals surface area (Å²) >= 11 is 18.1. The lowest BCUT2D eigenvalue weighted by Gasteiger charge is -2.35.